The maximum atomic E-state index is 11.9. The predicted octanol–water partition coefficient (Wildman–Crippen LogP) is 2.15. The molecule has 0 fully saturated rings. The number of H-pyrrole nitrogens is 1. The molecule has 1 aromatic carbocycles. The fourth-order valence-corrected chi connectivity index (χ4v) is 1.73. The number of benzene rings is 1. The molecule has 0 spiro atoms. The van der Waals surface area contributed by atoms with Gasteiger partial charge in [0.2, 0.25) is 0 Å². The van der Waals surface area contributed by atoms with E-state index in [1.54, 1.807) is 0 Å². The van der Waals surface area contributed by atoms with Crippen molar-refractivity contribution in [2.45, 2.75) is 13.0 Å². The number of hydrogen-bond donors (Lipinski definition) is 1. The Bertz CT molecular complexity index is 557. The van der Waals surface area contributed by atoms with E-state index in [9.17, 15) is 4.79 Å². The molecule has 0 amide bonds. The number of aromatic nitrogens is 1. The molecule has 3 nitrogen and oxygen atoms in total. The molecule has 0 radical (unpaired) electrons. The molecule has 0 bridgehead atoms. The summed E-state index contributed by atoms with van der Waals surface area (Å²) in [5.74, 6) is 0. The van der Waals surface area contributed by atoms with Crippen molar-refractivity contribution < 1.29 is 0 Å². The van der Waals surface area contributed by atoms with Crippen LogP contribution >= 0.6 is 0 Å². The molecule has 0 aliphatic carbocycles. The zero-order valence-electron chi connectivity index (χ0n) is 9.82. The van der Waals surface area contributed by atoms with Crippen molar-refractivity contribution in [2.75, 3.05) is 14.1 Å². The molecule has 0 saturated carbocycles. The molecule has 0 aliphatic heterocycles. The predicted molar refractivity (Wildman–Crippen MR) is 66.7 cm³/mol. The van der Waals surface area contributed by atoms with E-state index in [4.69, 9.17) is 0 Å². The highest BCUT2D eigenvalue weighted by molar-refractivity contribution is 5.81. The van der Waals surface area contributed by atoms with E-state index in [-0.39, 0.29) is 11.6 Å². The monoisotopic (exact) mass is 216 g/mol. The molecule has 3 heteroatoms. The number of rotatable bonds is 2. The minimum absolute atomic E-state index is 0.0122. The first-order chi connectivity index (χ1) is 7.59. The van der Waals surface area contributed by atoms with Crippen LogP contribution in [0.1, 0.15) is 18.7 Å². The summed E-state index contributed by atoms with van der Waals surface area (Å²) in [6.45, 7) is 2.07. The quantitative estimate of drug-likeness (QED) is 0.835. The van der Waals surface area contributed by atoms with Crippen molar-refractivity contribution >= 4 is 10.8 Å². The van der Waals surface area contributed by atoms with Crippen molar-refractivity contribution in [3.8, 4) is 0 Å². The van der Waals surface area contributed by atoms with E-state index < -0.39 is 0 Å². The van der Waals surface area contributed by atoms with Crippen molar-refractivity contribution in [1.29, 1.82) is 0 Å². The zero-order chi connectivity index (χ0) is 11.7. The van der Waals surface area contributed by atoms with Crippen LogP contribution in [0.4, 0.5) is 0 Å². The molecular formula is C13H16N2O. The molecule has 1 N–H and O–H groups in total. The van der Waals surface area contributed by atoms with Gasteiger partial charge in [0, 0.05) is 17.1 Å². The third-order valence-corrected chi connectivity index (χ3v) is 3.00. The zero-order valence-corrected chi connectivity index (χ0v) is 9.82. The van der Waals surface area contributed by atoms with Crippen molar-refractivity contribution in [1.82, 2.24) is 9.88 Å². The van der Waals surface area contributed by atoms with E-state index in [0.29, 0.717) is 0 Å². The van der Waals surface area contributed by atoms with Crippen LogP contribution in [-0.4, -0.2) is 24.0 Å². The minimum Gasteiger partial charge on any atom is -0.324 e. The Balaban J connectivity index is 2.63. The van der Waals surface area contributed by atoms with Crippen LogP contribution in [0.15, 0.2) is 35.1 Å². The van der Waals surface area contributed by atoms with Crippen molar-refractivity contribution in [3.63, 3.8) is 0 Å². The molecule has 0 aliphatic rings. The van der Waals surface area contributed by atoms with Gasteiger partial charge in [-0.1, -0.05) is 18.2 Å². The van der Waals surface area contributed by atoms with Crippen molar-refractivity contribution in [3.05, 3.63) is 46.4 Å². The van der Waals surface area contributed by atoms with Crippen LogP contribution in [-0.2, 0) is 0 Å². The topological polar surface area (TPSA) is 36.1 Å². The SMILES string of the molecule is CC(c1cc2ccccc2c(=O)[nH]1)N(C)C. The summed E-state index contributed by atoms with van der Waals surface area (Å²) in [6.07, 6.45) is 0. The minimum atomic E-state index is -0.0122. The van der Waals surface area contributed by atoms with E-state index in [0.717, 1.165) is 16.5 Å². The van der Waals surface area contributed by atoms with Crippen molar-refractivity contribution in [2.24, 2.45) is 0 Å². The van der Waals surface area contributed by atoms with E-state index >= 15 is 0 Å². The van der Waals surface area contributed by atoms with E-state index in [2.05, 4.69) is 16.8 Å². The molecule has 0 saturated heterocycles. The van der Waals surface area contributed by atoms with Gasteiger partial charge < -0.3 is 9.88 Å². The summed E-state index contributed by atoms with van der Waals surface area (Å²) in [5.41, 5.74) is 0.940. The van der Waals surface area contributed by atoms with Gasteiger partial charge >= 0.3 is 0 Å². The fourth-order valence-electron chi connectivity index (χ4n) is 1.73. The molecule has 1 aromatic heterocycles. The maximum Gasteiger partial charge on any atom is 0.256 e. The van der Waals surface area contributed by atoms with Gasteiger partial charge in [-0.05, 0) is 38.5 Å². The van der Waals surface area contributed by atoms with E-state index in [1.165, 1.54) is 0 Å². The van der Waals surface area contributed by atoms with E-state index in [1.807, 2.05) is 44.4 Å². The number of nitrogens with one attached hydrogen (secondary N) is 1. The highest BCUT2D eigenvalue weighted by atomic mass is 16.1. The Labute approximate surface area is 94.7 Å². The first-order valence-electron chi connectivity index (χ1n) is 5.38. The number of aromatic amines is 1. The fraction of sp³-hybridized carbons (Fsp3) is 0.308. The molecule has 16 heavy (non-hydrogen) atoms. The number of fused-ring (bicyclic) bond motifs is 1. The Morgan fingerprint density at radius 1 is 1.25 bits per heavy atom. The molecule has 1 unspecified atom stereocenters. The second kappa shape index (κ2) is 4.10. The van der Waals surface area contributed by atoms with Gasteiger partial charge in [0.05, 0.1) is 0 Å². The van der Waals surface area contributed by atoms with Gasteiger partial charge in [-0.25, -0.2) is 0 Å². The maximum absolute atomic E-state index is 11.9. The van der Waals surface area contributed by atoms with Crippen LogP contribution in [0.5, 0.6) is 0 Å². The summed E-state index contributed by atoms with van der Waals surface area (Å²) in [5, 5.41) is 1.74. The molecule has 1 atom stereocenters. The molecular weight excluding hydrogens is 200 g/mol. The highest BCUT2D eigenvalue weighted by Crippen LogP contribution is 2.17. The van der Waals surface area contributed by atoms with Gasteiger partial charge in [-0.3, -0.25) is 4.79 Å². The lowest BCUT2D eigenvalue weighted by Crippen LogP contribution is -2.21. The molecule has 1 heterocycles. The normalized spacial score (nSPS) is 13.2. The van der Waals surface area contributed by atoms with Gasteiger partial charge in [-0.2, -0.15) is 0 Å². The van der Waals surface area contributed by atoms with Crippen LogP contribution < -0.4 is 5.56 Å². The highest BCUT2D eigenvalue weighted by Gasteiger charge is 2.10. The Morgan fingerprint density at radius 2 is 1.94 bits per heavy atom. The number of nitrogens with zero attached hydrogens (tertiary/aromatic N) is 1. The number of hydrogen-bond acceptors (Lipinski definition) is 2. The summed E-state index contributed by atoms with van der Waals surface area (Å²) in [4.78, 5) is 16.9. The van der Waals surface area contributed by atoms with Crippen LogP contribution in [0.25, 0.3) is 10.8 Å². The lowest BCUT2D eigenvalue weighted by molar-refractivity contribution is 0.315. The van der Waals surface area contributed by atoms with Gasteiger partial charge in [-0.15, -0.1) is 0 Å². The third kappa shape index (κ3) is 1.86. The average Bonchev–Trinajstić information content (AvgIpc) is 2.28. The van der Waals surface area contributed by atoms with Gasteiger partial charge in [0.1, 0.15) is 0 Å². The summed E-state index contributed by atoms with van der Waals surface area (Å²) >= 11 is 0. The first-order valence-corrected chi connectivity index (χ1v) is 5.38. The second-order valence-electron chi connectivity index (χ2n) is 4.28. The van der Waals surface area contributed by atoms with Gasteiger partial charge in [0.15, 0.2) is 0 Å². The third-order valence-electron chi connectivity index (χ3n) is 3.00. The van der Waals surface area contributed by atoms with Crippen LogP contribution in [0.2, 0.25) is 0 Å². The lowest BCUT2D eigenvalue weighted by Gasteiger charge is -2.19. The molecule has 2 rings (SSSR count). The summed E-state index contributed by atoms with van der Waals surface area (Å²) in [7, 11) is 4.00. The molecule has 2 aromatic rings. The second-order valence-corrected chi connectivity index (χ2v) is 4.28. The Kier molecular flexibility index (Phi) is 2.79. The average molecular weight is 216 g/mol. The van der Waals surface area contributed by atoms with Crippen LogP contribution in [0.3, 0.4) is 0 Å². The Morgan fingerprint density at radius 3 is 2.62 bits per heavy atom. The van der Waals surface area contributed by atoms with Crippen LogP contribution in [0, 0.1) is 0 Å². The summed E-state index contributed by atoms with van der Waals surface area (Å²) in [6, 6.07) is 9.89. The smallest absolute Gasteiger partial charge is 0.256 e. The number of pyridine rings is 1. The lowest BCUT2D eigenvalue weighted by atomic mass is 10.1. The Hall–Kier alpha value is -1.61. The largest absolute Gasteiger partial charge is 0.324 e. The van der Waals surface area contributed by atoms with Gasteiger partial charge in [0.25, 0.3) is 5.56 Å². The first kappa shape index (κ1) is 10.9. The molecule has 84 valence electrons. The standard InChI is InChI=1S/C13H16N2O/c1-9(15(2)3)12-8-10-6-4-5-7-11(10)13(16)14-12/h4-9H,1-3H3,(H,14,16). The summed E-state index contributed by atoms with van der Waals surface area (Å²) < 4.78 is 0.